The Balaban J connectivity index is 1.26. The molecular formula is C44H49N3O9. The molecule has 1 aromatic carbocycles. The minimum absolute atomic E-state index is 0.0825. The normalized spacial score (nSPS) is 33.3. The van der Waals surface area contributed by atoms with Crippen molar-refractivity contribution in [2.75, 3.05) is 6.61 Å². The van der Waals surface area contributed by atoms with Crippen molar-refractivity contribution in [2.24, 2.45) is 11.8 Å². The number of carbonyl (C=O) groups is 2. The van der Waals surface area contributed by atoms with E-state index in [0.29, 0.717) is 52.6 Å². The van der Waals surface area contributed by atoms with Crippen molar-refractivity contribution in [3.05, 3.63) is 71.1 Å². The van der Waals surface area contributed by atoms with Gasteiger partial charge in [0.2, 0.25) is 0 Å². The molecule has 0 spiro atoms. The first-order valence-corrected chi connectivity index (χ1v) is 19.3. The van der Waals surface area contributed by atoms with Crippen LogP contribution in [-0.2, 0) is 23.7 Å². The highest BCUT2D eigenvalue weighted by Gasteiger charge is 2.52. The number of phenols is 1. The number of aliphatic hydroxyl groups excluding tert-OH is 1. The molecule has 10 atom stereocenters. The van der Waals surface area contributed by atoms with E-state index in [1.54, 1.807) is 38.1 Å². The molecule has 56 heavy (non-hydrogen) atoms. The Morgan fingerprint density at radius 3 is 2.71 bits per heavy atom. The minimum Gasteiger partial charge on any atom is -0.508 e. The summed E-state index contributed by atoms with van der Waals surface area (Å²) in [5.74, 6) is 10.0. The number of hydrogen-bond donors (Lipinski definition) is 5. The number of aromatic amines is 1. The van der Waals surface area contributed by atoms with Crippen LogP contribution in [0.25, 0.3) is 21.8 Å². The van der Waals surface area contributed by atoms with E-state index in [1.807, 2.05) is 13.0 Å². The minimum atomic E-state index is -1.78. The number of allylic oxidation sites excluding steroid dienone is 4. The molecule has 7 rings (SSSR count). The lowest BCUT2D eigenvalue weighted by Gasteiger charge is -2.46. The quantitative estimate of drug-likeness (QED) is 0.150. The van der Waals surface area contributed by atoms with Crippen molar-refractivity contribution >= 4 is 33.4 Å². The maximum Gasteiger partial charge on any atom is 0.191 e. The fraction of sp³-hybridized carbons (Fsp3) is 0.477. The molecule has 2 saturated heterocycles. The number of carbonyl (C=O) groups excluding carboxylic acids is 2. The molecule has 12 nitrogen and oxygen atoms in total. The summed E-state index contributed by atoms with van der Waals surface area (Å²) in [6.45, 7) is 11.9. The summed E-state index contributed by atoms with van der Waals surface area (Å²) >= 11 is 0. The number of H-pyrrole nitrogens is 1. The van der Waals surface area contributed by atoms with Crippen LogP contribution < -0.4 is 5.32 Å². The molecule has 2 fully saturated rings. The number of ether oxygens (including phenoxy) is 4. The van der Waals surface area contributed by atoms with Gasteiger partial charge in [0.25, 0.3) is 0 Å². The number of aromatic nitrogens is 2. The number of Topliss-reactive ketones (excluding diaryl/α,β-unsaturated/α-hetero) is 2. The third-order valence-corrected chi connectivity index (χ3v) is 11.1. The van der Waals surface area contributed by atoms with E-state index in [4.69, 9.17) is 18.9 Å². The molecule has 2 aliphatic heterocycles. The van der Waals surface area contributed by atoms with Gasteiger partial charge in [-0.3, -0.25) is 14.6 Å². The Morgan fingerprint density at radius 2 is 1.96 bits per heavy atom. The molecule has 3 aromatic rings. The molecule has 0 amide bonds. The number of pyridine rings is 1. The monoisotopic (exact) mass is 763 g/mol. The van der Waals surface area contributed by atoms with Gasteiger partial charge < -0.3 is 44.6 Å². The van der Waals surface area contributed by atoms with Gasteiger partial charge in [0.15, 0.2) is 29.7 Å². The standard InChI is InChI=1S/C44H49N3O9/c1-7-12-30-36-25(5)33(49)21-44(30,52)17-11-9-8-10-13-34(36)55-43-42(56-35-19-24(4)32(22-53-35)46-23(2)3)41(51)37(26(6)54-43)40(50)39-38-28(16-18-45-39)29-20-27(48)14-15-31(29)47-38/h8-9,12,14-16,18,20,23-24,26,32,34-35,37,41-43,46-48,51-52H,7,19,21-22H2,1-6H3/b9-8-,30-12+/t24?,26?,32?,34-,35?,37?,41?,42?,43?,44-/m0/s1. The summed E-state index contributed by atoms with van der Waals surface area (Å²) in [5, 5.41) is 39.3. The van der Waals surface area contributed by atoms with Crippen molar-refractivity contribution in [1.82, 2.24) is 15.3 Å². The van der Waals surface area contributed by atoms with Crippen LogP contribution in [0.2, 0.25) is 0 Å². The molecule has 2 aromatic heterocycles. The van der Waals surface area contributed by atoms with Crippen LogP contribution in [0.1, 0.15) is 71.3 Å². The van der Waals surface area contributed by atoms with Crippen molar-refractivity contribution in [3.8, 4) is 29.4 Å². The van der Waals surface area contributed by atoms with Gasteiger partial charge in [0.1, 0.15) is 23.7 Å². The predicted molar refractivity (Wildman–Crippen MR) is 209 cm³/mol. The Morgan fingerprint density at radius 1 is 1.18 bits per heavy atom. The van der Waals surface area contributed by atoms with E-state index < -0.39 is 54.3 Å². The fourth-order valence-electron chi connectivity index (χ4n) is 8.26. The number of fused-ring (bicyclic) bond motifs is 5. The smallest absolute Gasteiger partial charge is 0.191 e. The SMILES string of the molecule is CC/C=C1\C2=C(C)C(=O)C[C@@]1(O)C#C/C=C\C#C[C@@H]2OC1OC(C)C(C(=O)c2nccc3c2[nH]c2ccc(O)cc23)C(O)C1OC1CC(C)C(NC(C)C)CO1. The van der Waals surface area contributed by atoms with Crippen molar-refractivity contribution in [1.29, 1.82) is 0 Å². The molecule has 4 heterocycles. The number of ketones is 2. The molecule has 12 heteroatoms. The lowest BCUT2D eigenvalue weighted by atomic mass is 9.73. The molecule has 2 aliphatic carbocycles. The van der Waals surface area contributed by atoms with Crippen LogP contribution in [0, 0.1) is 35.5 Å². The van der Waals surface area contributed by atoms with E-state index >= 15 is 0 Å². The Kier molecular flexibility index (Phi) is 11.4. The average Bonchev–Trinajstić information content (AvgIpc) is 3.52. The fourth-order valence-corrected chi connectivity index (χ4v) is 8.26. The van der Waals surface area contributed by atoms with E-state index in [2.05, 4.69) is 59.7 Å². The van der Waals surface area contributed by atoms with Crippen LogP contribution in [-0.4, -0.2) is 98.1 Å². The number of rotatable bonds is 9. The Hall–Kier alpha value is -4.63. The van der Waals surface area contributed by atoms with Crippen LogP contribution in [0.3, 0.4) is 0 Å². The van der Waals surface area contributed by atoms with E-state index in [0.717, 1.165) is 5.39 Å². The highest BCUT2D eigenvalue weighted by atomic mass is 16.7. The van der Waals surface area contributed by atoms with Crippen LogP contribution in [0.5, 0.6) is 5.75 Å². The molecule has 2 bridgehead atoms. The lowest BCUT2D eigenvalue weighted by molar-refractivity contribution is -0.325. The molecule has 0 radical (unpaired) electrons. The number of aromatic hydroxyl groups is 1. The molecular weight excluding hydrogens is 714 g/mol. The summed E-state index contributed by atoms with van der Waals surface area (Å²) < 4.78 is 26.0. The number of nitrogens with one attached hydrogen (secondary N) is 2. The van der Waals surface area contributed by atoms with Gasteiger partial charge in [0.05, 0.1) is 36.7 Å². The first-order chi connectivity index (χ1) is 26.8. The van der Waals surface area contributed by atoms with Gasteiger partial charge >= 0.3 is 0 Å². The number of phenolic OH excluding ortho intramolecular Hbond substituents is 1. The van der Waals surface area contributed by atoms with Gasteiger partial charge in [-0.15, -0.1) is 0 Å². The highest BCUT2D eigenvalue weighted by molar-refractivity contribution is 6.15. The molecule has 8 unspecified atom stereocenters. The van der Waals surface area contributed by atoms with Gasteiger partial charge in [-0.2, -0.15) is 0 Å². The van der Waals surface area contributed by atoms with Crippen molar-refractivity contribution in [2.45, 2.75) is 115 Å². The summed E-state index contributed by atoms with van der Waals surface area (Å²) in [7, 11) is 0. The second kappa shape index (κ2) is 16.1. The van der Waals surface area contributed by atoms with E-state index in [1.165, 1.54) is 18.3 Å². The number of aliphatic hydroxyl groups is 2. The Labute approximate surface area is 326 Å². The van der Waals surface area contributed by atoms with Crippen LogP contribution >= 0.6 is 0 Å². The zero-order valence-electron chi connectivity index (χ0n) is 32.5. The molecule has 4 aliphatic rings. The topological polar surface area (TPSA) is 172 Å². The summed E-state index contributed by atoms with van der Waals surface area (Å²) in [4.78, 5) is 35.8. The molecule has 0 saturated carbocycles. The van der Waals surface area contributed by atoms with Gasteiger partial charge in [0, 0.05) is 46.6 Å². The maximum atomic E-state index is 14.6. The first kappa shape index (κ1) is 39.6. The third-order valence-electron chi connectivity index (χ3n) is 11.1. The van der Waals surface area contributed by atoms with Crippen LogP contribution in [0.15, 0.2) is 65.4 Å². The first-order valence-electron chi connectivity index (χ1n) is 19.3. The van der Waals surface area contributed by atoms with Crippen molar-refractivity contribution in [3.63, 3.8) is 0 Å². The Bertz CT molecular complexity index is 2250. The lowest BCUT2D eigenvalue weighted by Crippen LogP contribution is -2.60. The van der Waals surface area contributed by atoms with E-state index in [-0.39, 0.29) is 41.6 Å². The van der Waals surface area contributed by atoms with Gasteiger partial charge in [-0.25, -0.2) is 0 Å². The largest absolute Gasteiger partial charge is 0.508 e. The summed E-state index contributed by atoms with van der Waals surface area (Å²) in [6, 6.07) is 6.99. The van der Waals surface area contributed by atoms with Gasteiger partial charge in [-0.05, 0) is 73.7 Å². The van der Waals surface area contributed by atoms with E-state index in [9.17, 15) is 24.9 Å². The third kappa shape index (κ3) is 7.59. The average molecular weight is 764 g/mol. The molecule has 294 valence electrons. The predicted octanol–water partition coefficient (Wildman–Crippen LogP) is 4.78. The summed E-state index contributed by atoms with van der Waals surface area (Å²) in [5.41, 5.74) is 0.656. The van der Waals surface area contributed by atoms with Crippen molar-refractivity contribution < 1.29 is 43.9 Å². The highest BCUT2D eigenvalue weighted by Crippen LogP contribution is 2.41. The molecule has 5 N–H and O–H groups in total. The maximum absolute atomic E-state index is 14.6. The number of nitrogens with zero attached hydrogens (tertiary/aromatic N) is 1. The second-order valence-electron chi connectivity index (χ2n) is 15.5. The summed E-state index contributed by atoms with van der Waals surface area (Å²) in [6.07, 6.45) is 0.322. The second-order valence-corrected chi connectivity index (χ2v) is 15.5. The zero-order chi connectivity index (χ0) is 39.9. The number of hydrogen-bond acceptors (Lipinski definition) is 11. The van der Waals surface area contributed by atoms with Crippen LogP contribution in [0.4, 0.5) is 0 Å². The number of benzene rings is 1. The van der Waals surface area contributed by atoms with Gasteiger partial charge in [-0.1, -0.05) is 57.5 Å². The zero-order valence-corrected chi connectivity index (χ0v) is 32.5.